The second kappa shape index (κ2) is 10.8. The second-order valence-electron chi connectivity index (χ2n) is 7.73. The highest BCUT2D eigenvalue weighted by atomic mass is 16.5. The number of nitrogens with one attached hydrogen (secondary N) is 1. The molecule has 0 aromatic carbocycles. The molecule has 0 aliphatic carbocycles. The number of carbonyl (C=O) groups excluding carboxylic acids is 4. The van der Waals surface area contributed by atoms with Gasteiger partial charge in [-0.05, 0) is 39.5 Å². The van der Waals surface area contributed by atoms with Crippen LogP contribution in [0.1, 0.15) is 47.5 Å². The Balaban J connectivity index is 2.95. The minimum atomic E-state index is -0.563. The van der Waals surface area contributed by atoms with E-state index in [2.05, 4.69) is 5.32 Å². The molecule has 1 fully saturated rings. The maximum absolute atomic E-state index is 13.0. The van der Waals surface area contributed by atoms with Crippen molar-refractivity contribution in [3.63, 3.8) is 0 Å². The Bertz CT molecular complexity index is 615. The quantitative estimate of drug-likeness (QED) is 0.358. The Labute approximate surface area is 167 Å². The van der Waals surface area contributed by atoms with Crippen LogP contribution in [-0.4, -0.2) is 72.3 Å². The van der Waals surface area contributed by atoms with E-state index in [1.165, 1.54) is 4.90 Å². The maximum Gasteiger partial charge on any atom is 0.329 e. The van der Waals surface area contributed by atoms with Crippen LogP contribution in [0.4, 0.5) is 0 Å². The van der Waals surface area contributed by atoms with Gasteiger partial charge in [-0.2, -0.15) is 0 Å². The number of rotatable bonds is 9. The largest absolute Gasteiger partial charge is 0.461 e. The molecular formula is C20H33N3O5. The van der Waals surface area contributed by atoms with E-state index in [-0.39, 0.29) is 42.4 Å². The lowest BCUT2D eigenvalue weighted by Crippen LogP contribution is -2.45. The highest BCUT2D eigenvalue weighted by Crippen LogP contribution is 2.22. The zero-order valence-electron chi connectivity index (χ0n) is 17.7. The Morgan fingerprint density at radius 1 is 1.25 bits per heavy atom. The van der Waals surface area contributed by atoms with E-state index in [0.717, 1.165) is 6.42 Å². The fourth-order valence-corrected chi connectivity index (χ4v) is 3.29. The van der Waals surface area contributed by atoms with Gasteiger partial charge in [0, 0.05) is 19.2 Å². The molecular weight excluding hydrogens is 362 g/mol. The predicted octanol–water partition coefficient (Wildman–Crippen LogP) is 1.10. The molecule has 8 heteroatoms. The molecule has 0 aromatic rings. The number of ether oxygens (including phenoxy) is 1. The van der Waals surface area contributed by atoms with Gasteiger partial charge in [-0.25, -0.2) is 4.79 Å². The van der Waals surface area contributed by atoms with Gasteiger partial charge in [0.05, 0.1) is 18.7 Å². The van der Waals surface area contributed by atoms with Crippen molar-refractivity contribution in [2.75, 3.05) is 20.1 Å². The molecule has 1 unspecified atom stereocenters. The summed E-state index contributed by atoms with van der Waals surface area (Å²) in [5, 5.41) is 2.36. The van der Waals surface area contributed by atoms with Crippen molar-refractivity contribution in [2.45, 2.75) is 65.6 Å². The fraction of sp³-hybridized carbons (Fsp3) is 0.700. The lowest BCUT2D eigenvalue weighted by molar-refractivity contribution is -0.155. The van der Waals surface area contributed by atoms with Crippen molar-refractivity contribution in [1.29, 1.82) is 0 Å². The van der Waals surface area contributed by atoms with Crippen LogP contribution in [0.5, 0.6) is 0 Å². The maximum atomic E-state index is 13.0. The highest BCUT2D eigenvalue weighted by molar-refractivity contribution is 5.96. The fourth-order valence-electron chi connectivity index (χ4n) is 3.29. The van der Waals surface area contributed by atoms with Gasteiger partial charge in [-0.3, -0.25) is 14.4 Å². The molecule has 0 saturated carbocycles. The van der Waals surface area contributed by atoms with E-state index in [4.69, 9.17) is 4.74 Å². The molecule has 3 amide bonds. The van der Waals surface area contributed by atoms with Crippen LogP contribution >= 0.6 is 0 Å². The smallest absolute Gasteiger partial charge is 0.329 e. The van der Waals surface area contributed by atoms with E-state index in [1.54, 1.807) is 38.8 Å². The van der Waals surface area contributed by atoms with Crippen molar-refractivity contribution >= 4 is 24.2 Å². The first-order chi connectivity index (χ1) is 13.1. The number of hydrogen-bond donors (Lipinski definition) is 1. The molecule has 158 valence electrons. The van der Waals surface area contributed by atoms with E-state index >= 15 is 0 Å². The average Bonchev–Trinajstić information content (AvgIpc) is 3.11. The van der Waals surface area contributed by atoms with Gasteiger partial charge in [-0.1, -0.05) is 19.9 Å². The first-order valence-corrected chi connectivity index (χ1v) is 9.72. The predicted molar refractivity (Wildman–Crippen MR) is 105 cm³/mol. The first kappa shape index (κ1) is 23.7. The monoisotopic (exact) mass is 395 g/mol. The lowest BCUT2D eigenvalue weighted by Gasteiger charge is -2.30. The molecule has 0 aromatic heterocycles. The minimum Gasteiger partial charge on any atom is -0.461 e. The van der Waals surface area contributed by atoms with Gasteiger partial charge >= 0.3 is 5.97 Å². The van der Waals surface area contributed by atoms with E-state index in [0.29, 0.717) is 24.9 Å². The Morgan fingerprint density at radius 3 is 2.43 bits per heavy atom. The zero-order valence-corrected chi connectivity index (χ0v) is 17.7. The van der Waals surface area contributed by atoms with Crippen LogP contribution in [0.15, 0.2) is 11.6 Å². The van der Waals surface area contributed by atoms with Gasteiger partial charge in [-0.15, -0.1) is 0 Å². The SMILES string of the molecule is CC(=CC(C(C)C)N(C)C(=O)CNC=O)C(=O)N1CCC[C@H]1C(=O)OC(C)C. The number of carbonyl (C=O) groups is 4. The van der Waals surface area contributed by atoms with E-state index in [1.807, 2.05) is 13.8 Å². The molecule has 1 aliphatic heterocycles. The number of hydrogen-bond acceptors (Lipinski definition) is 5. The third-order valence-corrected chi connectivity index (χ3v) is 4.76. The average molecular weight is 396 g/mol. The third kappa shape index (κ3) is 6.35. The number of likely N-dealkylation sites (N-methyl/N-ethyl adjacent to an activating group) is 1. The molecule has 8 nitrogen and oxygen atoms in total. The van der Waals surface area contributed by atoms with Crippen molar-refractivity contribution in [1.82, 2.24) is 15.1 Å². The zero-order chi connectivity index (χ0) is 21.4. The van der Waals surface area contributed by atoms with Gasteiger partial charge < -0.3 is 19.9 Å². The van der Waals surface area contributed by atoms with E-state index in [9.17, 15) is 19.2 Å². The molecule has 1 saturated heterocycles. The van der Waals surface area contributed by atoms with Crippen molar-refractivity contribution in [3.05, 3.63) is 11.6 Å². The Kier molecular flexibility index (Phi) is 9.15. The summed E-state index contributed by atoms with van der Waals surface area (Å²) in [7, 11) is 1.65. The number of likely N-dealkylation sites (tertiary alicyclic amines) is 1. The minimum absolute atomic E-state index is 0.0632. The highest BCUT2D eigenvalue weighted by Gasteiger charge is 2.36. The van der Waals surface area contributed by atoms with Gasteiger partial charge in [0.25, 0.3) is 0 Å². The molecule has 0 radical (unpaired) electrons. The summed E-state index contributed by atoms with van der Waals surface area (Å²) in [4.78, 5) is 51.0. The third-order valence-electron chi connectivity index (χ3n) is 4.76. The molecule has 1 rings (SSSR count). The summed E-state index contributed by atoms with van der Waals surface area (Å²) in [6.45, 7) is 9.57. The van der Waals surface area contributed by atoms with Crippen LogP contribution in [0.2, 0.25) is 0 Å². The summed E-state index contributed by atoms with van der Waals surface area (Å²) in [6, 6.07) is -0.875. The summed E-state index contributed by atoms with van der Waals surface area (Å²) in [5.41, 5.74) is 0.478. The Morgan fingerprint density at radius 2 is 1.89 bits per heavy atom. The van der Waals surface area contributed by atoms with Crippen molar-refractivity contribution < 1.29 is 23.9 Å². The topological polar surface area (TPSA) is 96.0 Å². The Hall–Kier alpha value is -2.38. The lowest BCUT2D eigenvalue weighted by atomic mass is 9.99. The molecule has 0 spiro atoms. The number of amides is 3. The molecule has 0 bridgehead atoms. The van der Waals surface area contributed by atoms with Crippen LogP contribution in [0.25, 0.3) is 0 Å². The standard InChI is InChI=1S/C20H33N3O5/c1-13(2)17(22(6)18(25)11-21-12-24)10-15(5)19(26)23-9-7-8-16(23)20(27)28-14(3)4/h10,12-14,16-17H,7-9,11H2,1-6H3,(H,21,24)/t16-,17?/m0/s1. The van der Waals surface area contributed by atoms with Gasteiger partial charge in [0.1, 0.15) is 6.04 Å². The van der Waals surface area contributed by atoms with E-state index < -0.39 is 6.04 Å². The summed E-state index contributed by atoms with van der Waals surface area (Å²) in [6.07, 6.45) is 3.35. The first-order valence-electron chi connectivity index (χ1n) is 9.72. The summed E-state index contributed by atoms with van der Waals surface area (Å²) >= 11 is 0. The van der Waals surface area contributed by atoms with Crippen LogP contribution in [0.3, 0.4) is 0 Å². The van der Waals surface area contributed by atoms with Crippen LogP contribution in [0, 0.1) is 5.92 Å². The molecule has 1 heterocycles. The number of esters is 1. The number of nitrogens with zero attached hydrogens (tertiary/aromatic N) is 2. The van der Waals surface area contributed by atoms with Crippen molar-refractivity contribution in [3.8, 4) is 0 Å². The summed E-state index contributed by atoms with van der Waals surface area (Å²) < 4.78 is 5.28. The van der Waals surface area contributed by atoms with Crippen LogP contribution < -0.4 is 5.32 Å². The van der Waals surface area contributed by atoms with Gasteiger partial charge in [0.15, 0.2) is 0 Å². The normalized spacial score (nSPS) is 18.2. The van der Waals surface area contributed by atoms with Crippen molar-refractivity contribution in [2.24, 2.45) is 5.92 Å². The van der Waals surface area contributed by atoms with Gasteiger partial charge in [0.2, 0.25) is 18.2 Å². The second-order valence-corrected chi connectivity index (χ2v) is 7.73. The van der Waals surface area contributed by atoms with Crippen LogP contribution in [-0.2, 0) is 23.9 Å². The molecule has 28 heavy (non-hydrogen) atoms. The molecule has 2 atom stereocenters. The molecule has 1 N–H and O–H groups in total. The molecule has 1 aliphatic rings. The summed E-state index contributed by atoms with van der Waals surface area (Å²) in [5.74, 6) is -0.780.